The number of rotatable bonds is 0. The van der Waals surface area contributed by atoms with Gasteiger partial charge in [0.25, 0.3) is 5.91 Å². The molecule has 4 nitrogen and oxygen atoms in total. The molecule has 2 rings (SSSR count). The van der Waals surface area contributed by atoms with Crippen molar-refractivity contribution in [3.63, 3.8) is 0 Å². The lowest BCUT2D eigenvalue weighted by atomic mass is 10.2. The zero-order chi connectivity index (χ0) is 7.68. The van der Waals surface area contributed by atoms with Crippen LogP contribution in [0.4, 0.5) is 0 Å². The molecule has 11 heavy (non-hydrogen) atoms. The van der Waals surface area contributed by atoms with Crippen molar-refractivity contribution < 1.29 is 4.79 Å². The molecule has 0 radical (unpaired) electrons. The molecule has 0 fully saturated rings. The molecule has 0 aromatic heterocycles. The first-order valence-corrected chi connectivity index (χ1v) is 3.34. The van der Waals surface area contributed by atoms with Crippen molar-refractivity contribution in [3.05, 3.63) is 24.4 Å². The lowest BCUT2D eigenvalue weighted by Gasteiger charge is -2.26. The largest absolute Gasteiger partial charge is 0.313 e. The van der Waals surface area contributed by atoms with Gasteiger partial charge >= 0.3 is 0 Å². The van der Waals surface area contributed by atoms with Crippen molar-refractivity contribution in [3.8, 4) is 0 Å². The van der Waals surface area contributed by atoms with Crippen LogP contribution in [-0.2, 0) is 4.79 Å². The number of amides is 1. The smallest absolute Gasteiger partial charge is 0.253 e. The van der Waals surface area contributed by atoms with Crippen molar-refractivity contribution in [1.29, 1.82) is 0 Å². The summed E-state index contributed by atoms with van der Waals surface area (Å²) in [5.41, 5.74) is 0. The van der Waals surface area contributed by atoms with Gasteiger partial charge in [0.2, 0.25) is 0 Å². The van der Waals surface area contributed by atoms with E-state index in [9.17, 15) is 4.79 Å². The van der Waals surface area contributed by atoms with Crippen molar-refractivity contribution in [2.75, 3.05) is 0 Å². The topological polar surface area (TPSA) is 44.7 Å². The predicted octanol–water partition coefficient (Wildman–Crippen LogP) is -0.186. The highest BCUT2D eigenvalue weighted by atomic mass is 16.2. The molecular formula is C7H7N3O. The Morgan fingerprint density at radius 1 is 1.55 bits per heavy atom. The maximum absolute atomic E-state index is 11.1. The van der Waals surface area contributed by atoms with Crippen LogP contribution in [0.1, 0.15) is 0 Å². The normalized spacial score (nSPS) is 26.7. The second kappa shape index (κ2) is 2.23. The second-order valence-corrected chi connectivity index (χ2v) is 2.30. The first-order valence-electron chi connectivity index (χ1n) is 3.34. The van der Waals surface area contributed by atoms with Crippen LogP contribution < -0.4 is 5.32 Å². The van der Waals surface area contributed by atoms with E-state index >= 15 is 0 Å². The Morgan fingerprint density at radius 2 is 2.45 bits per heavy atom. The average Bonchev–Trinajstić information content (AvgIpc) is 2.06. The molecule has 2 heterocycles. The lowest BCUT2D eigenvalue weighted by Crippen LogP contribution is -2.45. The number of hydrogen-bond acceptors (Lipinski definition) is 3. The third-order valence-electron chi connectivity index (χ3n) is 1.59. The molecular weight excluding hydrogens is 142 g/mol. The van der Waals surface area contributed by atoms with E-state index in [1.165, 1.54) is 6.34 Å². The number of nitrogens with zero attached hydrogens (tertiary/aromatic N) is 2. The van der Waals surface area contributed by atoms with E-state index < -0.39 is 0 Å². The van der Waals surface area contributed by atoms with E-state index in [-0.39, 0.29) is 11.9 Å². The van der Waals surface area contributed by atoms with E-state index in [2.05, 4.69) is 10.4 Å². The highest BCUT2D eigenvalue weighted by molar-refractivity contribution is 5.94. The molecule has 0 bridgehead atoms. The average molecular weight is 149 g/mol. The van der Waals surface area contributed by atoms with Crippen molar-refractivity contribution in [2.24, 2.45) is 5.10 Å². The van der Waals surface area contributed by atoms with Crippen LogP contribution in [-0.4, -0.2) is 23.3 Å². The summed E-state index contributed by atoms with van der Waals surface area (Å²) in [6.07, 6.45) is 8.63. The Labute approximate surface area is 63.9 Å². The minimum atomic E-state index is -0.259. The number of hydrazone groups is 1. The Bertz CT molecular complexity index is 267. The molecule has 0 spiro atoms. The number of hydrogen-bond donors (Lipinski definition) is 1. The van der Waals surface area contributed by atoms with Gasteiger partial charge in [0.05, 0.1) is 0 Å². The Hall–Kier alpha value is -1.58. The van der Waals surface area contributed by atoms with E-state index in [0.717, 1.165) is 0 Å². The van der Waals surface area contributed by atoms with E-state index in [4.69, 9.17) is 0 Å². The summed E-state index contributed by atoms with van der Waals surface area (Å²) in [4.78, 5) is 11.1. The van der Waals surface area contributed by atoms with Gasteiger partial charge in [-0.3, -0.25) is 9.80 Å². The minimum Gasteiger partial charge on any atom is -0.313 e. The highest BCUT2D eigenvalue weighted by Crippen LogP contribution is 2.10. The van der Waals surface area contributed by atoms with Gasteiger partial charge in [0.1, 0.15) is 12.4 Å². The van der Waals surface area contributed by atoms with Crippen LogP contribution in [0.15, 0.2) is 29.5 Å². The number of carbonyl (C=O) groups is 1. The monoisotopic (exact) mass is 149 g/mol. The van der Waals surface area contributed by atoms with Gasteiger partial charge < -0.3 is 5.32 Å². The Morgan fingerprint density at radius 3 is 3.27 bits per heavy atom. The summed E-state index contributed by atoms with van der Waals surface area (Å²) in [5, 5.41) is 8.07. The van der Waals surface area contributed by atoms with Crippen molar-refractivity contribution in [1.82, 2.24) is 10.3 Å². The highest BCUT2D eigenvalue weighted by Gasteiger charge is 2.24. The SMILES string of the molecule is O=C1NC=NN2C=CC=CC12. The van der Waals surface area contributed by atoms with Gasteiger partial charge in [-0.2, -0.15) is 5.10 Å². The maximum Gasteiger partial charge on any atom is 0.253 e. The van der Waals surface area contributed by atoms with Crippen LogP contribution in [0.3, 0.4) is 0 Å². The fraction of sp³-hybridized carbons (Fsp3) is 0.143. The van der Waals surface area contributed by atoms with Gasteiger partial charge in [-0.05, 0) is 6.08 Å². The molecule has 2 aliphatic rings. The van der Waals surface area contributed by atoms with E-state index in [0.29, 0.717) is 0 Å². The molecule has 1 amide bonds. The molecule has 56 valence electrons. The zero-order valence-electron chi connectivity index (χ0n) is 5.77. The van der Waals surface area contributed by atoms with Crippen LogP contribution >= 0.6 is 0 Å². The summed E-state index contributed by atoms with van der Waals surface area (Å²) in [6.45, 7) is 0. The first-order chi connectivity index (χ1) is 5.38. The van der Waals surface area contributed by atoms with Gasteiger partial charge in [0, 0.05) is 6.20 Å². The van der Waals surface area contributed by atoms with Gasteiger partial charge in [-0.1, -0.05) is 12.2 Å². The van der Waals surface area contributed by atoms with Crippen LogP contribution in [0.5, 0.6) is 0 Å². The van der Waals surface area contributed by atoms with Crippen molar-refractivity contribution in [2.45, 2.75) is 6.04 Å². The van der Waals surface area contributed by atoms with Crippen molar-refractivity contribution >= 4 is 12.2 Å². The number of allylic oxidation sites excluding steroid dienone is 2. The molecule has 0 saturated carbocycles. The van der Waals surface area contributed by atoms with Gasteiger partial charge in [0.15, 0.2) is 0 Å². The number of carbonyl (C=O) groups excluding carboxylic acids is 1. The quantitative estimate of drug-likeness (QED) is 0.519. The molecule has 0 aliphatic carbocycles. The maximum atomic E-state index is 11.1. The van der Waals surface area contributed by atoms with Gasteiger partial charge in [-0.25, -0.2) is 0 Å². The molecule has 1 N–H and O–H groups in total. The third-order valence-corrected chi connectivity index (χ3v) is 1.59. The summed E-state index contributed by atoms with van der Waals surface area (Å²) in [7, 11) is 0. The summed E-state index contributed by atoms with van der Waals surface area (Å²) in [6, 6.07) is -0.259. The molecule has 1 unspecified atom stereocenters. The summed E-state index contributed by atoms with van der Waals surface area (Å²) < 4.78 is 0. The summed E-state index contributed by atoms with van der Waals surface area (Å²) in [5.74, 6) is -0.0411. The molecule has 0 aromatic carbocycles. The third kappa shape index (κ3) is 0.920. The van der Waals surface area contributed by atoms with E-state index in [1.54, 1.807) is 17.3 Å². The number of nitrogens with one attached hydrogen (secondary N) is 1. The molecule has 2 aliphatic heterocycles. The Kier molecular flexibility index (Phi) is 1.25. The van der Waals surface area contributed by atoms with Crippen LogP contribution in [0, 0.1) is 0 Å². The first kappa shape index (κ1) is 6.15. The second-order valence-electron chi connectivity index (χ2n) is 2.30. The van der Waals surface area contributed by atoms with Crippen LogP contribution in [0.25, 0.3) is 0 Å². The van der Waals surface area contributed by atoms with E-state index in [1.807, 2.05) is 12.2 Å². The fourth-order valence-electron chi connectivity index (χ4n) is 1.05. The standard InChI is InChI=1S/C7H7N3O/c11-7-6-3-1-2-4-10(6)9-5-8-7/h1-6H,(H,8,9,11). The molecule has 0 aromatic rings. The Balaban J connectivity index is 2.31. The summed E-state index contributed by atoms with van der Waals surface area (Å²) >= 11 is 0. The van der Waals surface area contributed by atoms with Gasteiger partial charge in [-0.15, -0.1) is 0 Å². The molecule has 1 atom stereocenters. The van der Waals surface area contributed by atoms with Crippen LogP contribution in [0.2, 0.25) is 0 Å². The predicted molar refractivity (Wildman–Crippen MR) is 40.5 cm³/mol. The molecule has 4 heteroatoms. The lowest BCUT2D eigenvalue weighted by molar-refractivity contribution is -0.123. The fourth-order valence-corrected chi connectivity index (χ4v) is 1.05. The molecule has 0 saturated heterocycles. The minimum absolute atomic E-state index is 0.0411. The zero-order valence-corrected chi connectivity index (χ0v) is 5.77. The number of fused-ring (bicyclic) bond motifs is 1.